The number of aromatic nitrogens is 3. The normalized spacial score (nSPS) is 10.5. The highest BCUT2D eigenvalue weighted by atomic mass is 35.5. The molecule has 0 spiro atoms. The molecule has 0 saturated carbocycles. The summed E-state index contributed by atoms with van der Waals surface area (Å²) in [5.74, 6) is 0. The van der Waals surface area contributed by atoms with Gasteiger partial charge in [0, 0.05) is 5.02 Å². The summed E-state index contributed by atoms with van der Waals surface area (Å²) in [5, 5.41) is 14.1. The molecule has 0 aliphatic heterocycles. The highest BCUT2D eigenvalue weighted by molar-refractivity contribution is 6.31. The van der Waals surface area contributed by atoms with Gasteiger partial charge in [0.25, 0.3) is 0 Å². The summed E-state index contributed by atoms with van der Waals surface area (Å²) < 4.78 is 0. The Morgan fingerprint density at radius 2 is 2.27 bits per heavy atom. The average molecular weight is 226 g/mol. The van der Waals surface area contributed by atoms with E-state index in [4.69, 9.17) is 11.6 Å². The van der Waals surface area contributed by atoms with Crippen LogP contribution in [0.1, 0.15) is 5.56 Å². The van der Waals surface area contributed by atoms with E-state index in [1.165, 1.54) is 0 Å². The van der Waals surface area contributed by atoms with E-state index in [1.54, 1.807) is 18.2 Å². The lowest BCUT2D eigenvalue weighted by atomic mass is 10.2. The van der Waals surface area contributed by atoms with E-state index in [-0.39, 0.29) is 0 Å². The first kappa shape index (κ1) is 9.79. The number of aromatic amines is 1. The van der Waals surface area contributed by atoms with Crippen molar-refractivity contribution in [1.29, 1.82) is 0 Å². The quantitative estimate of drug-likeness (QED) is 0.575. The molecule has 0 aliphatic rings. The molecule has 0 bridgehead atoms. The van der Waals surface area contributed by atoms with E-state index in [9.17, 15) is 10.0 Å². The van der Waals surface area contributed by atoms with Gasteiger partial charge in [-0.05, 0) is 29.4 Å². The fourth-order valence-corrected chi connectivity index (χ4v) is 1.41. The third-order valence-electron chi connectivity index (χ3n) is 2.04. The van der Waals surface area contributed by atoms with E-state index in [0.29, 0.717) is 15.6 Å². The van der Waals surface area contributed by atoms with Gasteiger partial charge < -0.3 is 5.21 Å². The van der Waals surface area contributed by atoms with E-state index in [0.717, 1.165) is 16.6 Å². The number of H-pyrrole nitrogens is 1. The van der Waals surface area contributed by atoms with Crippen molar-refractivity contribution in [2.45, 2.75) is 6.92 Å². The molecule has 0 aliphatic carbocycles. The van der Waals surface area contributed by atoms with Crippen LogP contribution in [0.5, 0.6) is 0 Å². The van der Waals surface area contributed by atoms with Crippen molar-refractivity contribution in [3.05, 3.63) is 50.5 Å². The predicted octanol–water partition coefficient (Wildman–Crippen LogP) is 0.761. The molecule has 1 aromatic carbocycles. The minimum absolute atomic E-state index is 0.420. The zero-order valence-electron chi connectivity index (χ0n) is 7.90. The fourth-order valence-electron chi connectivity index (χ4n) is 1.23. The number of aryl methyl sites for hydroxylation is 1. The number of halogens is 1. The minimum atomic E-state index is -0.457. The minimum Gasteiger partial charge on any atom is -0.692 e. The van der Waals surface area contributed by atoms with Crippen molar-refractivity contribution in [1.82, 2.24) is 9.90 Å². The van der Waals surface area contributed by atoms with Crippen LogP contribution < -0.4 is 10.4 Å². The Hall–Kier alpha value is -1.75. The number of nitrogens with one attached hydrogen (secondary N) is 1. The van der Waals surface area contributed by atoms with E-state index < -0.39 is 5.56 Å². The summed E-state index contributed by atoms with van der Waals surface area (Å²) in [6, 6.07) is 5.09. The molecule has 5 nitrogen and oxygen atoms in total. The lowest BCUT2D eigenvalue weighted by Crippen LogP contribution is -2.36. The van der Waals surface area contributed by atoms with Crippen LogP contribution in [0.15, 0.2) is 29.2 Å². The van der Waals surface area contributed by atoms with Crippen LogP contribution in [-0.4, -0.2) is 9.90 Å². The molecule has 1 heterocycles. The maximum absolute atomic E-state index is 11.2. The topological polar surface area (TPSA) is 64.7 Å². The second-order valence-electron chi connectivity index (χ2n) is 3.15. The Morgan fingerprint density at radius 1 is 1.53 bits per heavy atom. The van der Waals surface area contributed by atoms with E-state index in [2.05, 4.69) is 5.10 Å². The SMILES string of the molecule is Cc1ccc(-n2[nH]c(=O)c[n+]2[O-])cc1Cl. The molecule has 1 aromatic heterocycles. The van der Waals surface area contributed by atoms with Crippen molar-refractivity contribution >= 4 is 11.6 Å². The monoisotopic (exact) mass is 225 g/mol. The van der Waals surface area contributed by atoms with Crippen LogP contribution in [0, 0.1) is 12.1 Å². The first-order valence-electron chi connectivity index (χ1n) is 4.26. The summed E-state index contributed by atoms with van der Waals surface area (Å²) in [6.07, 6.45) is 0.910. The van der Waals surface area contributed by atoms with Gasteiger partial charge in [0.15, 0.2) is 0 Å². The van der Waals surface area contributed by atoms with Gasteiger partial charge in [0.1, 0.15) is 5.69 Å². The Bertz CT molecular complexity index is 559. The number of hydrogen-bond donors (Lipinski definition) is 1. The van der Waals surface area contributed by atoms with E-state index >= 15 is 0 Å². The van der Waals surface area contributed by atoms with Gasteiger partial charge in [0.2, 0.25) is 6.20 Å². The average Bonchev–Trinajstić information content (AvgIpc) is 2.50. The number of nitrogens with zero attached hydrogens (tertiary/aromatic N) is 2. The molecule has 0 atom stereocenters. The van der Waals surface area contributed by atoms with Crippen molar-refractivity contribution in [2.75, 3.05) is 0 Å². The molecule has 2 rings (SSSR count). The van der Waals surface area contributed by atoms with Crippen LogP contribution in [0.4, 0.5) is 0 Å². The van der Waals surface area contributed by atoms with Gasteiger partial charge in [-0.2, -0.15) is 4.85 Å². The third-order valence-corrected chi connectivity index (χ3v) is 2.45. The smallest absolute Gasteiger partial charge is 0.391 e. The van der Waals surface area contributed by atoms with Crippen molar-refractivity contribution < 1.29 is 4.85 Å². The van der Waals surface area contributed by atoms with Crippen LogP contribution in [0.2, 0.25) is 5.02 Å². The van der Waals surface area contributed by atoms with Gasteiger partial charge >= 0.3 is 5.56 Å². The number of rotatable bonds is 1. The van der Waals surface area contributed by atoms with Crippen LogP contribution >= 0.6 is 11.6 Å². The molecule has 0 radical (unpaired) electrons. The van der Waals surface area contributed by atoms with Crippen molar-refractivity contribution in [3.63, 3.8) is 0 Å². The van der Waals surface area contributed by atoms with Crippen LogP contribution in [-0.2, 0) is 0 Å². The molecule has 0 unspecified atom stereocenters. The molecule has 15 heavy (non-hydrogen) atoms. The second-order valence-corrected chi connectivity index (χ2v) is 3.56. The summed E-state index contributed by atoms with van der Waals surface area (Å²) in [4.78, 5) is 12.4. The third kappa shape index (κ3) is 1.73. The maximum Gasteiger partial charge on any atom is 0.391 e. The fraction of sp³-hybridized carbons (Fsp3) is 0.111. The first-order valence-corrected chi connectivity index (χ1v) is 4.64. The molecule has 0 amide bonds. The second kappa shape index (κ2) is 3.43. The molecule has 0 saturated heterocycles. The lowest BCUT2D eigenvalue weighted by Gasteiger charge is -2.05. The Morgan fingerprint density at radius 3 is 2.80 bits per heavy atom. The molecule has 6 heteroatoms. The van der Waals surface area contributed by atoms with Crippen molar-refractivity contribution in [2.24, 2.45) is 0 Å². The predicted molar refractivity (Wildman–Crippen MR) is 55.1 cm³/mol. The van der Waals surface area contributed by atoms with Crippen LogP contribution in [0.25, 0.3) is 5.69 Å². The van der Waals surface area contributed by atoms with Gasteiger partial charge in [0.05, 0.1) is 0 Å². The summed E-state index contributed by atoms with van der Waals surface area (Å²) >= 11 is 5.91. The zero-order chi connectivity index (χ0) is 11.0. The van der Waals surface area contributed by atoms with Crippen LogP contribution in [0.3, 0.4) is 0 Å². The van der Waals surface area contributed by atoms with Gasteiger partial charge in [-0.1, -0.05) is 17.7 Å². The van der Waals surface area contributed by atoms with Gasteiger partial charge in [-0.15, -0.1) is 5.10 Å². The lowest BCUT2D eigenvalue weighted by molar-refractivity contribution is -0.688. The molecular formula is C9H8ClN3O2. The molecular weight excluding hydrogens is 218 g/mol. The van der Waals surface area contributed by atoms with Gasteiger partial charge in [-0.3, -0.25) is 0 Å². The molecule has 78 valence electrons. The molecule has 0 fully saturated rings. The Kier molecular flexibility index (Phi) is 2.24. The Balaban J connectivity index is 2.59. The zero-order valence-corrected chi connectivity index (χ0v) is 8.65. The first-order chi connectivity index (χ1) is 7.08. The highest BCUT2D eigenvalue weighted by Gasteiger charge is 2.08. The largest absolute Gasteiger partial charge is 0.692 e. The number of benzene rings is 1. The van der Waals surface area contributed by atoms with Crippen molar-refractivity contribution in [3.8, 4) is 5.69 Å². The number of hydrogen-bond acceptors (Lipinski definition) is 2. The van der Waals surface area contributed by atoms with Gasteiger partial charge in [-0.25, -0.2) is 4.79 Å². The van der Waals surface area contributed by atoms with E-state index in [1.807, 2.05) is 6.92 Å². The Labute approximate surface area is 90.1 Å². The molecule has 1 N–H and O–H groups in total. The highest BCUT2D eigenvalue weighted by Crippen LogP contribution is 2.17. The summed E-state index contributed by atoms with van der Waals surface area (Å²) in [5.41, 5.74) is 0.969. The summed E-state index contributed by atoms with van der Waals surface area (Å²) in [7, 11) is 0. The standard InChI is InChI=1S/C9H8ClN3O2/c1-6-2-3-7(4-8(6)10)13-11-9(14)5-12(13)15/h2-5H,1H3,(H,11,14). The molecule has 2 aromatic rings. The summed E-state index contributed by atoms with van der Waals surface area (Å²) in [6.45, 7) is 1.86. The maximum atomic E-state index is 11.2.